The van der Waals surface area contributed by atoms with Crippen LogP contribution in [0.2, 0.25) is 0 Å². The number of nitrogens with zero attached hydrogens (tertiary/aromatic N) is 1. The highest BCUT2D eigenvalue weighted by molar-refractivity contribution is 5.95. The van der Waals surface area contributed by atoms with Gasteiger partial charge in [0.15, 0.2) is 17.5 Å². The molecule has 0 bridgehead atoms. The Labute approximate surface area is 137 Å². The molecule has 3 nitrogen and oxygen atoms in total. The molecule has 2 N–H and O–H groups in total. The first-order valence-corrected chi connectivity index (χ1v) is 7.77. The van der Waals surface area contributed by atoms with Crippen molar-refractivity contribution in [2.45, 2.75) is 18.9 Å². The lowest BCUT2D eigenvalue weighted by Gasteiger charge is -2.23. The molecule has 0 aromatic heterocycles. The Morgan fingerprint density at radius 3 is 2.29 bits per heavy atom. The summed E-state index contributed by atoms with van der Waals surface area (Å²) in [6, 6.07) is 8.29. The van der Waals surface area contributed by atoms with Gasteiger partial charge < -0.3 is 10.6 Å². The summed E-state index contributed by atoms with van der Waals surface area (Å²) in [6.07, 6.45) is 1.83. The van der Waals surface area contributed by atoms with Crippen LogP contribution in [0.15, 0.2) is 36.4 Å². The standard InChI is InChI=1S/C18H17F3N2O/c19-15-8-13(9-16(20)17(15)21)11-3-5-12(6-4-11)18(24)23-7-1-2-14(23)10-22/h3-6,8-9,14H,1-2,7,10,22H2. The number of nitrogens with two attached hydrogens (primary N) is 1. The lowest BCUT2D eigenvalue weighted by molar-refractivity contribution is 0.0741. The molecular weight excluding hydrogens is 317 g/mol. The molecule has 1 saturated heterocycles. The number of likely N-dealkylation sites (tertiary alicyclic amines) is 1. The summed E-state index contributed by atoms with van der Waals surface area (Å²) < 4.78 is 39.7. The Balaban J connectivity index is 1.84. The van der Waals surface area contributed by atoms with Gasteiger partial charge in [-0.15, -0.1) is 0 Å². The fraction of sp³-hybridized carbons (Fsp3) is 0.278. The second-order valence-electron chi connectivity index (χ2n) is 5.86. The van der Waals surface area contributed by atoms with E-state index in [2.05, 4.69) is 0 Å². The van der Waals surface area contributed by atoms with Crippen molar-refractivity contribution in [2.24, 2.45) is 5.73 Å². The Morgan fingerprint density at radius 1 is 1.08 bits per heavy atom. The van der Waals surface area contributed by atoms with Gasteiger partial charge in [0, 0.05) is 24.7 Å². The maximum absolute atomic E-state index is 13.3. The van der Waals surface area contributed by atoms with Gasteiger partial charge in [0.1, 0.15) is 0 Å². The zero-order valence-corrected chi connectivity index (χ0v) is 12.9. The van der Waals surface area contributed by atoms with E-state index in [0.29, 0.717) is 24.2 Å². The molecular formula is C18H17F3N2O. The molecule has 0 spiro atoms. The maximum atomic E-state index is 13.3. The van der Waals surface area contributed by atoms with E-state index in [-0.39, 0.29) is 17.5 Å². The van der Waals surface area contributed by atoms with Crippen molar-refractivity contribution in [1.29, 1.82) is 0 Å². The fourth-order valence-electron chi connectivity index (χ4n) is 3.04. The van der Waals surface area contributed by atoms with E-state index in [1.807, 2.05) is 0 Å². The number of hydrogen-bond acceptors (Lipinski definition) is 2. The van der Waals surface area contributed by atoms with E-state index < -0.39 is 17.5 Å². The number of halogens is 3. The molecule has 1 aliphatic rings. The Bertz CT molecular complexity index is 738. The van der Waals surface area contributed by atoms with E-state index in [0.717, 1.165) is 25.0 Å². The summed E-state index contributed by atoms with van der Waals surface area (Å²) in [7, 11) is 0. The summed E-state index contributed by atoms with van der Waals surface area (Å²) in [5, 5.41) is 0. The summed E-state index contributed by atoms with van der Waals surface area (Å²) in [5.74, 6) is -4.08. The third kappa shape index (κ3) is 3.01. The van der Waals surface area contributed by atoms with E-state index >= 15 is 0 Å². The third-order valence-electron chi connectivity index (χ3n) is 4.36. The number of carbonyl (C=O) groups is 1. The normalized spacial score (nSPS) is 17.3. The summed E-state index contributed by atoms with van der Waals surface area (Å²) in [5.41, 5.74) is 6.89. The topological polar surface area (TPSA) is 46.3 Å². The minimum absolute atomic E-state index is 0.0532. The first-order valence-electron chi connectivity index (χ1n) is 7.77. The van der Waals surface area contributed by atoms with Crippen LogP contribution in [0.25, 0.3) is 11.1 Å². The number of benzene rings is 2. The van der Waals surface area contributed by atoms with Crippen LogP contribution in [0.4, 0.5) is 13.2 Å². The first-order chi connectivity index (χ1) is 11.5. The number of amides is 1. The first kappa shape index (κ1) is 16.5. The minimum atomic E-state index is -1.49. The molecule has 126 valence electrons. The van der Waals surface area contributed by atoms with Gasteiger partial charge in [-0.05, 0) is 48.2 Å². The highest BCUT2D eigenvalue weighted by Gasteiger charge is 2.28. The largest absolute Gasteiger partial charge is 0.334 e. The monoisotopic (exact) mass is 334 g/mol. The van der Waals surface area contributed by atoms with Crippen molar-refractivity contribution in [2.75, 3.05) is 13.1 Å². The third-order valence-corrected chi connectivity index (χ3v) is 4.36. The van der Waals surface area contributed by atoms with Crippen molar-refractivity contribution in [3.05, 3.63) is 59.4 Å². The molecule has 24 heavy (non-hydrogen) atoms. The van der Waals surface area contributed by atoms with Crippen LogP contribution >= 0.6 is 0 Å². The van der Waals surface area contributed by atoms with Crippen molar-refractivity contribution in [3.63, 3.8) is 0 Å². The van der Waals surface area contributed by atoms with Gasteiger partial charge in [-0.3, -0.25) is 4.79 Å². The van der Waals surface area contributed by atoms with E-state index in [1.165, 1.54) is 0 Å². The highest BCUT2D eigenvalue weighted by atomic mass is 19.2. The summed E-state index contributed by atoms with van der Waals surface area (Å²) >= 11 is 0. The molecule has 2 aromatic rings. The van der Waals surface area contributed by atoms with Gasteiger partial charge in [0.05, 0.1) is 0 Å². The molecule has 1 amide bonds. The molecule has 1 heterocycles. The molecule has 2 aromatic carbocycles. The van der Waals surface area contributed by atoms with Crippen molar-refractivity contribution < 1.29 is 18.0 Å². The predicted molar refractivity (Wildman–Crippen MR) is 84.9 cm³/mol. The molecule has 1 atom stereocenters. The van der Waals surface area contributed by atoms with Gasteiger partial charge in [0.25, 0.3) is 5.91 Å². The molecule has 1 unspecified atom stereocenters. The van der Waals surface area contributed by atoms with Crippen molar-refractivity contribution >= 4 is 5.91 Å². The molecule has 0 radical (unpaired) electrons. The van der Waals surface area contributed by atoms with Gasteiger partial charge in [-0.2, -0.15) is 0 Å². The van der Waals surface area contributed by atoms with E-state index in [1.54, 1.807) is 29.2 Å². The van der Waals surface area contributed by atoms with Crippen molar-refractivity contribution in [3.8, 4) is 11.1 Å². The Hall–Kier alpha value is -2.34. The number of carbonyl (C=O) groups excluding carboxylic acids is 1. The highest BCUT2D eigenvalue weighted by Crippen LogP contribution is 2.25. The molecule has 1 fully saturated rings. The van der Waals surface area contributed by atoms with Crippen LogP contribution in [-0.4, -0.2) is 29.9 Å². The average molecular weight is 334 g/mol. The van der Waals surface area contributed by atoms with Crippen LogP contribution in [-0.2, 0) is 0 Å². The zero-order valence-electron chi connectivity index (χ0n) is 12.9. The second-order valence-corrected chi connectivity index (χ2v) is 5.86. The predicted octanol–water partition coefficient (Wildman–Crippen LogP) is 3.33. The zero-order chi connectivity index (χ0) is 17.3. The lowest BCUT2D eigenvalue weighted by atomic mass is 10.0. The number of rotatable bonds is 3. The fourth-order valence-corrected chi connectivity index (χ4v) is 3.04. The summed E-state index contributed by atoms with van der Waals surface area (Å²) in [4.78, 5) is 14.3. The smallest absolute Gasteiger partial charge is 0.254 e. The van der Waals surface area contributed by atoms with Gasteiger partial charge in [-0.1, -0.05) is 12.1 Å². The average Bonchev–Trinajstić information content (AvgIpc) is 3.07. The van der Waals surface area contributed by atoms with Crippen LogP contribution in [0.5, 0.6) is 0 Å². The van der Waals surface area contributed by atoms with Gasteiger partial charge in [0.2, 0.25) is 0 Å². The Morgan fingerprint density at radius 2 is 1.71 bits per heavy atom. The summed E-state index contributed by atoms with van der Waals surface area (Å²) in [6.45, 7) is 1.11. The minimum Gasteiger partial charge on any atom is -0.334 e. The molecule has 6 heteroatoms. The van der Waals surface area contributed by atoms with E-state index in [9.17, 15) is 18.0 Å². The van der Waals surface area contributed by atoms with Crippen LogP contribution < -0.4 is 5.73 Å². The van der Waals surface area contributed by atoms with Crippen LogP contribution in [0.1, 0.15) is 23.2 Å². The second kappa shape index (κ2) is 6.65. The van der Waals surface area contributed by atoms with Gasteiger partial charge >= 0.3 is 0 Å². The van der Waals surface area contributed by atoms with E-state index in [4.69, 9.17) is 5.73 Å². The lowest BCUT2D eigenvalue weighted by Crippen LogP contribution is -2.39. The molecule has 1 aliphatic heterocycles. The maximum Gasteiger partial charge on any atom is 0.254 e. The van der Waals surface area contributed by atoms with Crippen LogP contribution in [0.3, 0.4) is 0 Å². The van der Waals surface area contributed by atoms with Crippen LogP contribution in [0, 0.1) is 17.5 Å². The molecule has 0 aliphatic carbocycles. The Kier molecular flexibility index (Phi) is 4.57. The van der Waals surface area contributed by atoms with Crippen molar-refractivity contribution in [1.82, 2.24) is 4.90 Å². The SMILES string of the molecule is NCC1CCCN1C(=O)c1ccc(-c2cc(F)c(F)c(F)c2)cc1. The van der Waals surface area contributed by atoms with Gasteiger partial charge in [-0.25, -0.2) is 13.2 Å². The molecule has 3 rings (SSSR count). The molecule has 0 saturated carbocycles. The quantitative estimate of drug-likeness (QED) is 0.875. The number of hydrogen-bond donors (Lipinski definition) is 1.